The van der Waals surface area contributed by atoms with Crippen molar-refractivity contribution in [2.24, 2.45) is 7.05 Å². The van der Waals surface area contributed by atoms with Crippen molar-refractivity contribution >= 4 is 6.09 Å². The number of carbonyl (C=O) groups is 1. The topological polar surface area (TPSA) is 56.6 Å². The van der Waals surface area contributed by atoms with Gasteiger partial charge in [-0.05, 0) is 27.7 Å². The molecule has 1 atom stereocenters. The minimum Gasteiger partial charge on any atom is -0.480 e. The number of amides is 1. The monoisotopic (exact) mass is 269 g/mol. The van der Waals surface area contributed by atoms with Crippen LogP contribution in [-0.2, 0) is 11.8 Å². The summed E-state index contributed by atoms with van der Waals surface area (Å²) in [6, 6.07) is 1.65. The first-order chi connectivity index (χ1) is 8.65. The van der Waals surface area contributed by atoms with Gasteiger partial charge in [-0.2, -0.15) is 0 Å². The summed E-state index contributed by atoms with van der Waals surface area (Å²) in [7, 11) is 5.09. The second-order valence-corrected chi connectivity index (χ2v) is 5.50. The van der Waals surface area contributed by atoms with E-state index in [1.807, 2.05) is 40.8 Å². The van der Waals surface area contributed by atoms with Gasteiger partial charge in [-0.3, -0.25) is 4.68 Å². The molecule has 0 bridgehead atoms. The minimum absolute atomic E-state index is 0.156. The van der Waals surface area contributed by atoms with E-state index in [2.05, 4.69) is 5.10 Å². The highest BCUT2D eigenvalue weighted by Gasteiger charge is 2.25. The lowest BCUT2D eigenvalue weighted by Gasteiger charge is -2.28. The smallest absolute Gasteiger partial charge is 0.410 e. The van der Waals surface area contributed by atoms with Crippen molar-refractivity contribution in [3.05, 3.63) is 11.8 Å². The molecule has 19 heavy (non-hydrogen) atoms. The summed E-state index contributed by atoms with van der Waals surface area (Å²) < 4.78 is 12.1. The molecular formula is C13H23N3O3. The van der Waals surface area contributed by atoms with E-state index in [4.69, 9.17) is 9.47 Å². The first kappa shape index (κ1) is 15.3. The van der Waals surface area contributed by atoms with E-state index in [0.717, 1.165) is 5.69 Å². The maximum atomic E-state index is 12.0. The van der Waals surface area contributed by atoms with Crippen molar-refractivity contribution in [1.29, 1.82) is 0 Å². The molecule has 0 unspecified atom stereocenters. The molecule has 6 heteroatoms. The molecule has 0 aliphatic heterocycles. The zero-order valence-corrected chi connectivity index (χ0v) is 12.7. The van der Waals surface area contributed by atoms with Crippen molar-refractivity contribution in [3.63, 3.8) is 0 Å². The highest BCUT2D eigenvalue weighted by atomic mass is 16.6. The first-order valence-electron chi connectivity index (χ1n) is 6.19. The Morgan fingerprint density at radius 1 is 1.47 bits per heavy atom. The molecule has 0 aromatic carbocycles. The molecule has 1 aromatic heterocycles. The van der Waals surface area contributed by atoms with E-state index in [1.165, 1.54) is 0 Å². The fourth-order valence-electron chi connectivity index (χ4n) is 1.64. The quantitative estimate of drug-likeness (QED) is 0.845. The van der Waals surface area contributed by atoms with Gasteiger partial charge >= 0.3 is 6.09 Å². The minimum atomic E-state index is -0.505. The van der Waals surface area contributed by atoms with Gasteiger partial charge in [0.05, 0.1) is 18.8 Å². The number of aromatic nitrogens is 2. The van der Waals surface area contributed by atoms with Crippen LogP contribution in [0.25, 0.3) is 0 Å². The number of carbonyl (C=O) groups excluding carboxylic acids is 1. The Morgan fingerprint density at radius 3 is 2.47 bits per heavy atom. The number of nitrogens with zero attached hydrogens (tertiary/aromatic N) is 3. The fraction of sp³-hybridized carbons (Fsp3) is 0.692. The zero-order valence-electron chi connectivity index (χ0n) is 12.7. The molecule has 0 radical (unpaired) electrons. The molecule has 6 nitrogen and oxygen atoms in total. The molecule has 108 valence electrons. The van der Waals surface area contributed by atoms with Gasteiger partial charge < -0.3 is 14.4 Å². The Kier molecular flexibility index (Phi) is 4.44. The van der Waals surface area contributed by atoms with Crippen molar-refractivity contribution in [2.45, 2.75) is 39.3 Å². The lowest BCUT2D eigenvalue weighted by Crippen LogP contribution is -2.36. The predicted molar refractivity (Wildman–Crippen MR) is 72.2 cm³/mol. The van der Waals surface area contributed by atoms with Crippen molar-refractivity contribution in [3.8, 4) is 5.88 Å². The van der Waals surface area contributed by atoms with Crippen LogP contribution >= 0.6 is 0 Å². The average molecular weight is 269 g/mol. The molecule has 0 saturated carbocycles. The van der Waals surface area contributed by atoms with E-state index < -0.39 is 5.60 Å². The second-order valence-electron chi connectivity index (χ2n) is 5.50. The normalized spacial score (nSPS) is 13.0. The highest BCUT2D eigenvalue weighted by Crippen LogP contribution is 2.23. The number of rotatable bonds is 3. The van der Waals surface area contributed by atoms with E-state index in [0.29, 0.717) is 5.88 Å². The first-order valence-corrected chi connectivity index (χ1v) is 6.19. The summed E-state index contributed by atoms with van der Waals surface area (Å²) in [4.78, 5) is 13.5. The number of aryl methyl sites for hydroxylation is 1. The SMILES string of the molecule is COc1cc([C@@H](C)N(C)C(=O)OC(C)(C)C)n(C)n1. The Hall–Kier alpha value is -1.72. The molecule has 1 amide bonds. The van der Waals surface area contributed by atoms with Crippen LogP contribution in [0.4, 0.5) is 4.79 Å². The molecule has 0 fully saturated rings. The second kappa shape index (κ2) is 5.50. The van der Waals surface area contributed by atoms with Crippen LogP contribution < -0.4 is 4.74 Å². The summed E-state index contributed by atoms with van der Waals surface area (Å²) >= 11 is 0. The highest BCUT2D eigenvalue weighted by molar-refractivity contribution is 5.68. The van der Waals surface area contributed by atoms with Crippen LogP contribution in [0, 0.1) is 0 Å². The number of hydrogen-bond donors (Lipinski definition) is 0. The Balaban J connectivity index is 2.84. The molecule has 1 rings (SSSR count). The molecule has 1 aromatic rings. The third kappa shape index (κ3) is 3.87. The van der Waals surface area contributed by atoms with Crippen LogP contribution in [0.15, 0.2) is 6.07 Å². The molecule has 0 N–H and O–H groups in total. The van der Waals surface area contributed by atoms with E-state index in [-0.39, 0.29) is 12.1 Å². The fourth-order valence-corrected chi connectivity index (χ4v) is 1.64. The van der Waals surface area contributed by atoms with Crippen molar-refractivity contribution < 1.29 is 14.3 Å². The predicted octanol–water partition coefficient (Wildman–Crippen LogP) is 2.36. The Bertz CT molecular complexity index is 448. The largest absolute Gasteiger partial charge is 0.480 e. The van der Waals surface area contributed by atoms with Crippen LogP contribution in [0.3, 0.4) is 0 Å². The van der Waals surface area contributed by atoms with Crippen LogP contribution in [-0.4, -0.2) is 40.5 Å². The zero-order chi connectivity index (χ0) is 14.8. The van der Waals surface area contributed by atoms with Crippen molar-refractivity contribution in [2.75, 3.05) is 14.2 Å². The van der Waals surface area contributed by atoms with Gasteiger partial charge in [0.2, 0.25) is 5.88 Å². The average Bonchev–Trinajstić information content (AvgIpc) is 2.66. The Labute approximate surface area is 114 Å². The van der Waals surface area contributed by atoms with Gasteiger partial charge in [0, 0.05) is 20.2 Å². The van der Waals surface area contributed by atoms with Gasteiger partial charge in [0.25, 0.3) is 0 Å². The Morgan fingerprint density at radius 2 is 2.05 bits per heavy atom. The number of hydrogen-bond acceptors (Lipinski definition) is 4. The summed E-state index contributed by atoms with van der Waals surface area (Å²) in [5, 5.41) is 4.18. The van der Waals surface area contributed by atoms with Crippen molar-refractivity contribution in [1.82, 2.24) is 14.7 Å². The molecule has 1 heterocycles. The van der Waals surface area contributed by atoms with E-state index in [1.54, 1.807) is 23.7 Å². The molecular weight excluding hydrogens is 246 g/mol. The van der Waals surface area contributed by atoms with Crippen LogP contribution in [0.5, 0.6) is 5.88 Å². The van der Waals surface area contributed by atoms with Gasteiger partial charge in [-0.1, -0.05) is 0 Å². The summed E-state index contributed by atoms with van der Waals surface area (Å²) in [6.45, 7) is 7.45. The van der Waals surface area contributed by atoms with E-state index in [9.17, 15) is 4.79 Å². The standard InChI is InChI=1S/C13H23N3O3/c1-9(10-8-11(18-7)14-16(10)6)15(5)12(17)19-13(2,3)4/h8-9H,1-7H3/t9-/m1/s1. The summed E-state index contributed by atoms with van der Waals surface area (Å²) in [5.41, 5.74) is 0.375. The third-order valence-electron chi connectivity index (χ3n) is 2.79. The molecule has 0 saturated heterocycles. The molecule has 0 aliphatic carbocycles. The summed E-state index contributed by atoms with van der Waals surface area (Å²) in [6.07, 6.45) is -0.361. The lowest BCUT2D eigenvalue weighted by molar-refractivity contribution is 0.0228. The summed E-state index contributed by atoms with van der Waals surface area (Å²) in [5.74, 6) is 0.530. The van der Waals surface area contributed by atoms with Gasteiger partial charge in [0.1, 0.15) is 5.60 Å². The number of ether oxygens (including phenoxy) is 2. The lowest BCUT2D eigenvalue weighted by atomic mass is 10.2. The van der Waals surface area contributed by atoms with Gasteiger partial charge in [-0.15, -0.1) is 5.10 Å². The van der Waals surface area contributed by atoms with Gasteiger partial charge in [0.15, 0.2) is 0 Å². The molecule has 0 aliphatic rings. The molecule has 0 spiro atoms. The third-order valence-corrected chi connectivity index (χ3v) is 2.79. The maximum absolute atomic E-state index is 12.0. The van der Waals surface area contributed by atoms with E-state index >= 15 is 0 Å². The maximum Gasteiger partial charge on any atom is 0.410 e. The number of methoxy groups -OCH3 is 1. The van der Waals surface area contributed by atoms with Crippen LogP contribution in [0.2, 0.25) is 0 Å². The van der Waals surface area contributed by atoms with Gasteiger partial charge in [-0.25, -0.2) is 4.79 Å². The van der Waals surface area contributed by atoms with Crippen LogP contribution in [0.1, 0.15) is 39.4 Å².